The zero-order valence-corrected chi connectivity index (χ0v) is 11.4. The third-order valence-electron chi connectivity index (χ3n) is 3.24. The highest BCUT2D eigenvalue weighted by Crippen LogP contribution is 2.42. The average Bonchev–Trinajstić information content (AvgIpc) is 2.56. The largest absolute Gasteiger partial charge is 0.391 e. The summed E-state index contributed by atoms with van der Waals surface area (Å²) in [5.41, 5.74) is -0.178. The van der Waals surface area contributed by atoms with Crippen LogP contribution in [0.2, 0.25) is 0 Å². The minimum atomic E-state index is -0.393. The Morgan fingerprint density at radius 2 is 2.00 bits per heavy atom. The van der Waals surface area contributed by atoms with Crippen molar-refractivity contribution in [2.24, 2.45) is 0 Å². The Hall–Kier alpha value is -0.510. The van der Waals surface area contributed by atoms with Gasteiger partial charge in [0.05, 0.1) is 17.8 Å². The molecule has 0 amide bonds. The van der Waals surface area contributed by atoms with Gasteiger partial charge in [-0.25, -0.2) is 0 Å². The first kappa shape index (κ1) is 12.9. The lowest BCUT2D eigenvalue weighted by molar-refractivity contribution is -0.0640. The Labute approximate surface area is 107 Å². The number of ether oxygens (including phenoxy) is 1. The Balaban J connectivity index is 2.06. The van der Waals surface area contributed by atoms with Crippen molar-refractivity contribution < 1.29 is 9.84 Å². The molecule has 0 radical (unpaired) electrons. The van der Waals surface area contributed by atoms with Crippen LogP contribution in [0.5, 0.6) is 0 Å². The Bertz CT molecular complexity index is 362. The van der Waals surface area contributed by atoms with Crippen molar-refractivity contribution in [1.82, 2.24) is 0 Å². The molecular formula is C14H20O2S. The van der Waals surface area contributed by atoms with Crippen molar-refractivity contribution in [2.75, 3.05) is 0 Å². The van der Waals surface area contributed by atoms with Gasteiger partial charge >= 0.3 is 0 Å². The monoisotopic (exact) mass is 252 g/mol. The maximum absolute atomic E-state index is 9.63. The van der Waals surface area contributed by atoms with Gasteiger partial charge < -0.3 is 9.84 Å². The van der Waals surface area contributed by atoms with E-state index in [1.165, 1.54) is 4.90 Å². The van der Waals surface area contributed by atoms with Gasteiger partial charge in [0.15, 0.2) is 0 Å². The van der Waals surface area contributed by atoms with Gasteiger partial charge in [-0.05, 0) is 39.3 Å². The standard InChI is InChI=1S/C14H20O2S/c1-10(15)12-9-13(14(2,3)16-12)17-11-7-5-4-6-8-11/h4-8,10,12-13,15H,9H2,1-3H3/t10-,12-,13+/m1/s1. The molecule has 1 aromatic rings. The predicted octanol–water partition coefficient (Wildman–Crippen LogP) is 3.10. The van der Waals surface area contributed by atoms with Gasteiger partial charge in [0.25, 0.3) is 0 Å². The molecule has 1 heterocycles. The first-order valence-corrected chi connectivity index (χ1v) is 6.94. The number of rotatable bonds is 3. The van der Waals surface area contributed by atoms with E-state index in [2.05, 4.69) is 38.1 Å². The normalized spacial score (nSPS) is 29.2. The van der Waals surface area contributed by atoms with Crippen molar-refractivity contribution in [3.05, 3.63) is 30.3 Å². The van der Waals surface area contributed by atoms with E-state index in [-0.39, 0.29) is 11.7 Å². The number of benzene rings is 1. The quantitative estimate of drug-likeness (QED) is 0.896. The lowest BCUT2D eigenvalue weighted by atomic mass is 10.0. The molecule has 1 aliphatic rings. The molecule has 1 N–H and O–H groups in total. The fourth-order valence-electron chi connectivity index (χ4n) is 2.16. The Morgan fingerprint density at radius 1 is 1.35 bits per heavy atom. The molecule has 0 bridgehead atoms. The van der Waals surface area contributed by atoms with Crippen molar-refractivity contribution in [3.63, 3.8) is 0 Å². The highest BCUT2D eigenvalue weighted by atomic mass is 32.2. The van der Waals surface area contributed by atoms with E-state index in [1.807, 2.05) is 17.8 Å². The van der Waals surface area contributed by atoms with Gasteiger partial charge in [-0.2, -0.15) is 0 Å². The first-order valence-electron chi connectivity index (χ1n) is 6.06. The molecule has 0 saturated carbocycles. The number of thioether (sulfide) groups is 1. The molecule has 3 heteroatoms. The van der Waals surface area contributed by atoms with Gasteiger partial charge in [0.1, 0.15) is 0 Å². The van der Waals surface area contributed by atoms with Crippen LogP contribution in [-0.2, 0) is 4.74 Å². The molecule has 0 spiro atoms. The molecule has 0 aromatic heterocycles. The van der Waals surface area contributed by atoms with Gasteiger partial charge in [-0.15, -0.1) is 11.8 Å². The fourth-order valence-corrected chi connectivity index (χ4v) is 3.43. The van der Waals surface area contributed by atoms with Crippen molar-refractivity contribution >= 4 is 11.8 Å². The van der Waals surface area contributed by atoms with E-state index in [0.29, 0.717) is 5.25 Å². The van der Waals surface area contributed by atoms with E-state index in [4.69, 9.17) is 4.74 Å². The van der Waals surface area contributed by atoms with Crippen molar-refractivity contribution in [3.8, 4) is 0 Å². The van der Waals surface area contributed by atoms with Crippen LogP contribution in [0.1, 0.15) is 27.2 Å². The maximum atomic E-state index is 9.63. The molecule has 1 fully saturated rings. The fraction of sp³-hybridized carbons (Fsp3) is 0.571. The molecule has 17 heavy (non-hydrogen) atoms. The molecule has 94 valence electrons. The number of hydrogen-bond donors (Lipinski definition) is 1. The van der Waals surface area contributed by atoms with E-state index in [1.54, 1.807) is 6.92 Å². The van der Waals surface area contributed by atoms with E-state index in [9.17, 15) is 5.11 Å². The van der Waals surface area contributed by atoms with Crippen LogP contribution in [0.4, 0.5) is 0 Å². The zero-order valence-electron chi connectivity index (χ0n) is 10.6. The van der Waals surface area contributed by atoms with E-state index in [0.717, 1.165) is 6.42 Å². The number of aliphatic hydroxyl groups excluding tert-OH is 1. The third kappa shape index (κ3) is 3.03. The van der Waals surface area contributed by atoms with Gasteiger partial charge in [0, 0.05) is 10.1 Å². The molecule has 1 saturated heterocycles. The minimum absolute atomic E-state index is 0.0359. The minimum Gasteiger partial charge on any atom is -0.391 e. The molecule has 2 nitrogen and oxygen atoms in total. The zero-order chi connectivity index (χ0) is 12.5. The highest BCUT2D eigenvalue weighted by molar-refractivity contribution is 8.00. The van der Waals surface area contributed by atoms with Crippen LogP contribution in [0, 0.1) is 0 Å². The lowest BCUT2D eigenvalue weighted by Gasteiger charge is -2.25. The summed E-state index contributed by atoms with van der Waals surface area (Å²) < 4.78 is 5.92. The smallest absolute Gasteiger partial charge is 0.0850 e. The molecule has 2 rings (SSSR count). The summed E-state index contributed by atoms with van der Waals surface area (Å²) in [7, 11) is 0. The third-order valence-corrected chi connectivity index (χ3v) is 4.83. The average molecular weight is 252 g/mol. The molecule has 0 unspecified atom stereocenters. The number of aliphatic hydroxyl groups is 1. The lowest BCUT2D eigenvalue weighted by Crippen LogP contribution is -2.31. The van der Waals surface area contributed by atoms with Crippen LogP contribution in [-0.4, -0.2) is 28.2 Å². The molecule has 0 aliphatic carbocycles. The second-order valence-electron chi connectivity index (χ2n) is 5.16. The van der Waals surface area contributed by atoms with E-state index < -0.39 is 6.10 Å². The summed E-state index contributed by atoms with van der Waals surface area (Å²) in [6.45, 7) is 6.02. The van der Waals surface area contributed by atoms with Crippen LogP contribution < -0.4 is 0 Å². The van der Waals surface area contributed by atoms with Crippen molar-refractivity contribution in [2.45, 2.75) is 55.1 Å². The molecule has 1 aromatic carbocycles. The van der Waals surface area contributed by atoms with Crippen LogP contribution in [0.3, 0.4) is 0 Å². The summed E-state index contributed by atoms with van der Waals surface area (Å²) in [5, 5.41) is 10.0. The maximum Gasteiger partial charge on any atom is 0.0850 e. The van der Waals surface area contributed by atoms with Crippen LogP contribution >= 0.6 is 11.8 Å². The van der Waals surface area contributed by atoms with Crippen LogP contribution in [0.15, 0.2) is 35.2 Å². The summed E-state index contributed by atoms with van der Waals surface area (Å²) in [4.78, 5) is 1.26. The van der Waals surface area contributed by atoms with Crippen molar-refractivity contribution in [1.29, 1.82) is 0 Å². The second kappa shape index (κ2) is 5.01. The highest BCUT2D eigenvalue weighted by Gasteiger charge is 2.43. The molecule has 3 atom stereocenters. The number of hydrogen-bond acceptors (Lipinski definition) is 3. The second-order valence-corrected chi connectivity index (χ2v) is 6.43. The van der Waals surface area contributed by atoms with Gasteiger partial charge in [-0.1, -0.05) is 18.2 Å². The topological polar surface area (TPSA) is 29.5 Å². The summed E-state index contributed by atoms with van der Waals surface area (Å²) >= 11 is 1.84. The summed E-state index contributed by atoms with van der Waals surface area (Å²) in [6.07, 6.45) is 0.478. The Morgan fingerprint density at radius 3 is 2.53 bits per heavy atom. The Kier molecular flexibility index (Phi) is 3.81. The SMILES string of the molecule is C[C@@H](O)[C@H]1C[C@H](Sc2ccccc2)C(C)(C)O1. The summed E-state index contributed by atoms with van der Waals surface area (Å²) in [5.74, 6) is 0. The summed E-state index contributed by atoms with van der Waals surface area (Å²) in [6, 6.07) is 10.4. The predicted molar refractivity (Wildman–Crippen MR) is 71.3 cm³/mol. The first-order chi connectivity index (χ1) is 7.99. The van der Waals surface area contributed by atoms with Crippen LogP contribution in [0.25, 0.3) is 0 Å². The molecule has 1 aliphatic heterocycles. The molecular weight excluding hydrogens is 232 g/mol. The van der Waals surface area contributed by atoms with Gasteiger partial charge in [0.2, 0.25) is 0 Å². The van der Waals surface area contributed by atoms with Gasteiger partial charge in [-0.3, -0.25) is 0 Å². The van der Waals surface area contributed by atoms with E-state index >= 15 is 0 Å².